The van der Waals surface area contributed by atoms with Crippen molar-refractivity contribution < 1.29 is 17.5 Å². The smallest absolute Gasteiger partial charge is 0.218 e. The molecule has 0 amide bonds. The Morgan fingerprint density at radius 2 is 1.59 bits per heavy atom. The van der Waals surface area contributed by atoms with Gasteiger partial charge in [0.2, 0.25) is 10.0 Å². The molecule has 0 radical (unpaired) electrons. The molecule has 0 N–H and O–H groups in total. The molecule has 2 saturated heterocycles. The van der Waals surface area contributed by atoms with Gasteiger partial charge in [-0.15, -0.1) is 0 Å². The zero-order chi connectivity index (χ0) is 20.3. The van der Waals surface area contributed by atoms with Crippen molar-refractivity contribution in [3.05, 3.63) is 48.0 Å². The lowest BCUT2D eigenvalue weighted by Crippen LogP contribution is -2.49. The Balaban J connectivity index is 1.39. The highest BCUT2D eigenvalue weighted by molar-refractivity contribution is 7.88. The fraction of sp³-hybridized carbons (Fsp3) is 0.474. The number of aromatic nitrogens is 2. The summed E-state index contributed by atoms with van der Waals surface area (Å²) < 4.78 is 45.6. The molecule has 8 nitrogen and oxygen atoms in total. The zero-order valence-corrected chi connectivity index (χ0v) is 16.9. The van der Waals surface area contributed by atoms with Crippen LogP contribution in [0.1, 0.15) is 5.56 Å². The minimum Gasteiger partial charge on any atom is -0.378 e. The van der Waals surface area contributed by atoms with Gasteiger partial charge in [0.1, 0.15) is 23.8 Å². The maximum atomic E-state index is 13.4. The first kappa shape index (κ1) is 20.0. The van der Waals surface area contributed by atoms with Crippen molar-refractivity contribution in [2.45, 2.75) is 5.75 Å². The topological polar surface area (TPSA) is 78.9 Å². The Kier molecular flexibility index (Phi) is 5.93. The van der Waals surface area contributed by atoms with Crippen molar-refractivity contribution in [2.24, 2.45) is 0 Å². The number of ether oxygens (including phenoxy) is 1. The van der Waals surface area contributed by atoms with Gasteiger partial charge in [-0.25, -0.2) is 22.8 Å². The van der Waals surface area contributed by atoms with E-state index in [1.54, 1.807) is 12.4 Å². The van der Waals surface area contributed by atoms with Gasteiger partial charge in [-0.2, -0.15) is 4.31 Å². The van der Waals surface area contributed by atoms with Gasteiger partial charge in [-0.1, -0.05) is 12.1 Å². The Hall–Kier alpha value is -2.30. The Bertz CT molecular complexity index is 944. The normalized spacial score (nSPS) is 18.8. The average Bonchev–Trinajstić information content (AvgIpc) is 2.74. The molecule has 1 aromatic carbocycles. The van der Waals surface area contributed by atoms with E-state index in [2.05, 4.69) is 19.8 Å². The van der Waals surface area contributed by atoms with Gasteiger partial charge in [-0.3, -0.25) is 0 Å². The van der Waals surface area contributed by atoms with E-state index in [0.29, 0.717) is 45.0 Å². The van der Waals surface area contributed by atoms with E-state index < -0.39 is 15.8 Å². The summed E-state index contributed by atoms with van der Waals surface area (Å²) in [5.41, 5.74) is 0.457. The highest BCUT2D eigenvalue weighted by atomic mass is 32.2. The molecular weight excluding hydrogens is 397 g/mol. The van der Waals surface area contributed by atoms with Crippen molar-refractivity contribution in [3.63, 3.8) is 0 Å². The molecule has 0 atom stereocenters. The summed E-state index contributed by atoms with van der Waals surface area (Å²) in [7, 11) is -3.50. The fourth-order valence-electron chi connectivity index (χ4n) is 3.60. The first-order valence-corrected chi connectivity index (χ1v) is 11.2. The largest absolute Gasteiger partial charge is 0.378 e. The standard InChI is InChI=1S/C19H24FN5O3S/c20-17-3-1-2-16(12-17)14-29(26,27)25-6-4-23(5-7-25)18-13-19(22-15-21-18)24-8-10-28-11-9-24/h1-3,12-13,15H,4-11,14H2. The molecule has 0 unspecified atom stereocenters. The minimum atomic E-state index is -3.50. The third-order valence-corrected chi connectivity index (χ3v) is 7.02. The van der Waals surface area contributed by atoms with Crippen molar-refractivity contribution in [3.8, 4) is 0 Å². The van der Waals surface area contributed by atoms with Crippen LogP contribution in [0.15, 0.2) is 36.7 Å². The quantitative estimate of drug-likeness (QED) is 0.715. The number of hydrogen-bond donors (Lipinski definition) is 0. The summed E-state index contributed by atoms with van der Waals surface area (Å²) in [6, 6.07) is 7.68. The van der Waals surface area contributed by atoms with Crippen LogP contribution in [-0.2, 0) is 20.5 Å². The van der Waals surface area contributed by atoms with Crippen molar-refractivity contribution in [1.29, 1.82) is 0 Å². The first-order valence-electron chi connectivity index (χ1n) is 9.63. The van der Waals surface area contributed by atoms with Crippen LogP contribution in [0.4, 0.5) is 16.0 Å². The lowest BCUT2D eigenvalue weighted by atomic mass is 10.2. The predicted octanol–water partition coefficient (Wildman–Crippen LogP) is 1.10. The summed E-state index contributed by atoms with van der Waals surface area (Å²) in [4.78, 5) is 13.0. The highest BCUT2D eigenvalue weighted by Gasteiger charge is 2.28. The number of halogens is 1. The van der Waals surface area contributed by atoms with Gasteiger partial charge >= 0.3 is 0 Å². The van der Waals surface area contributed by atoms with Crippen LogP contribution in [-0.4, -0.2) is 75.2 Å². The van der Waals surface area contributed by atoms with Gasteiger partial charge in [0.05, 0.1) is 19.0 Å². The molecule has 2 aromatic rings. The summed E-state index contributed by atoms with van der Waals surface area (Å²) in [5, 5.41) is 0. The van der Waals surface area contributed by atoms with E-state index in [1.165, 1.54) is 22.5 Å². The molecule has 2 aliphatic heterocycles. The second-order valence-corrected chi connectivity index (χ2v) is 9.07. The number of nitrogens with zero attached hydrogens (tertiary/aromatic N) is 5. The van der Waals surface area contributed by atoms with E-state index in [-0.39, 0.29) is 5.75 Å². The third-order valence-electron chi connectivity index (χ3n) is 5.17. The summed E-state index contributed by atoms with van der Waals surface area (Å²) in [5.74, 6) is 1.03. The summed E-state index contributed by atoms with van der Waals surface area (Å²) in [6.45, 7) is 4.78. The van der Waals surface area contributed by atoms with Crippen molar-refractivity contribution in [1.82, 2.24) is 14.3 Å². The maximum absolute atomic E-state index is 13.4. The van der Waals surface area contributed by atoms with Crippen LogP contribution < -0.4 is 9.80 Å². The van der Waals surface area contributed by atoms with Gasteiger partial charge in [0, 0.05) is 45.3 Å². The molecule has 29 heavy (non-hydrogen) atoms. The van der Waals surface area contributed by atoms with Gasteiger partial charge < -0.3 is 14.5 Å². The molecule has 156 valence electrons. The Morgan fingerprint density at radius 3 is 2.24 bits per heavy atom. The molecule has 3 heterocycles. The number of rotatable bonds is 5. The van der Waals surface area contributed by atoms with Crippen molar-refractivity contribution >= 4 is 21.7 Å². The molecule has 2 fully saturated rings. The molecule has 10 heteroatoms. The van der Waals surface area contributed by atoms with E-state index in [9.17, 15) is 12.8 Å². The van der Waals surface area contributed by atoms with Gasteiger partial charge in [0.15, 0.2) is 0 Å². The minimum absolute atomic E-state index is 0.195. The average molecular weight is 421 g/mol. The lowest BCUT2D eigenvalue weighted by Gasteiger charge is -2.35. The highest BCUT2D eigenvalue weighted by Crippen LogP contribution is 2.21. The SMILES string of the molecule is O=S(=O)(Cc1cccc(F)c1)N1CCN(c2cc(N3CCOCC3)ncn2)CC1. The predicted molar refractivity (Wildman–Crippen MR) is 108 cm³/mol. The van der Waals surface area contributed by atoms with E-state index >= 15 is 0 Å². The van der Waals surface area contributed by atoms with E-state index in [0.717, 1.165) is 24.7 Å². The number of sulfonamides is 1. The molecule has 2 aliphatic rings. The van der Waals surface area contributed by atoms with E-state index in [4.69, 9.17) is 4.74 Å². The van der Waals surface area contributed by atoms with Gasteiger partial charge in [-0.05, 0) is 17.7 Å². The van der Waals surface area contributed by atoms with Crippen LogP contribution in [0.2, 0.25) is 0 Å². The number of hydrogen-bond acceptors (Lipinski definition) is 7. The summed E-state index contributed by atoms with van der Waals surface area (Å²) in [6.07, 6.45) is 1.55. The second-order valence-electron chi connectivity index (χ2n) is 7.11. The van der Waals surface area contributed by atoms with Crippen molar-refractivity contribution in [2.75, 3.05) is 62.3 Å². The number of piperazine rings is 1. The second kappa shape index (κ2) is 8.60. The van der Waals surface area contributed by atoms with Crippen LogP contribution in [0.5, 0.6) is 0 Å². The van der Waals surface area contributed by atoms with Gasteiger partial charge in [0.25, 0.3) is 0 Å². The van der Waals surface area contributed by atoms with E-state index in [1.807, 2.05) is 6.07 Å². The zero-order valence-electron chi connectivity index (χ0n) is 16.1. The molecule has 0 aliphatic carbocycles. The molecule has 0 bridgehead atoms. The fourth-order valence-corrected chi connectivity index (χ4v) is 5.10. The summed E-state index contributed by atoms with van der Waals surface area (Å²) >= 11 is 0. The first-order chi connectivity index (χ1) is 14.0. The van der Waals surface area contributed by atoms with Crippen LogP contribution in [0.25, 0.3) is 0 Å². The van der Waals surface area contributed by atoms with Crippen LogP contribution in [0.3, 0.4) is 0 Å². The third kappa shape index (κ3) is 4.82. The number of morpholine rings is 1. The Morgan fingerprint density at radius 1 is 0.931 bits per heavy atom. The molecular formula is C19H24FN5O3S. The molecule has 1 aromatic heterocycles. The number of benzene rings is 1. The molecule has 0 saturated carbocycles. The maximum Gasteiger partial charge on any atom is 0.218 e. The Labute approximate surface area is 170 Å². The lowest BCUT2D eigenvalue weighted by molar-refractivity contribution is 0.122. The van der Waals surface area contributed by atoms with Crippen LogP contribution >= 0.6 is 0 Å². The van der Waals surface area contributed by atoms with Crippen LogP contribution in [0, 0.1) is 5.82 Å². The molecule has 4 rings (SSSR count). The number of anilines is 2. The molecule has 0 spiro atoms. The monoisotopic (exact) mass is 421 g/mol.